The van der Waals surface area contributed by atoms with Crippen LogP contribution in [0.5, 0.6) is 5.75 Å². The maximum Gasteiger partial charge on any atom is 0.252 e. The number of carbonyl (C=O) groups is 1. The summed E-state index contributed by atoms with van der Waals surface area (Å²) in [5.74, 6) is 0.886. The molecule has 0 bridgehead atoms. The van der Waals surface area contributed by atoms with Gasteiger partial charge < -0.3 is 19.7 Å². The highest BCUT2D eigenvalue weighted by atomic mass is 16.5. The molecule has 1 atom stereocenters. The highest BCUT2D eigenvalue weighted by Crippen LogP contribution is 2.33. The first kappa shape index (κ1) is 21.8. The van der Waals surface area contributed by atoms with Gasteiger partial charge in [0.15, 0.2) is 5.60 Å². The van der Waals surface area contributed by atoms with Gasteiger partial charge >= 0.3 is 0 Å². The number of amides is 1. The predicted molar refractivity (Wildman–Crippen MR) is 123 cm³/mol. The number of nitrogens with one attached hydrogen (secondary N) is 1. The topological polar surface area (TPSA) is 50.8 Å². The van der Waals surface area contributed by atoms with E-state index in [-0.39, 0.29) is 5.91 Å². The van der Waals surface area contributed by atoms with Crippen LogP contribution in [0.2, 0.25) is 0 Å². The zero-order valence-corrected chi connectivity index (χ0v) is 18.6. The van der Waals surface area contributed by atoms with Gasteiger partial charge in [-0.2, -0.15) is 0 Å². The molecule has 4 rings (SSSR count). The zero-order valence-electron chi connectivity index (χ0n) is 18.6. The van der Waals surface area contributed by atoms with Crippen molar-refractivity contribution < 1.29 is 14.3 Å². The summed E-state index contributed by atoms with van der Waals surface area (Å²) < 4.78 is 11.6. The van der Waals surface area contributed by atoms with Gasteiger partial charge in [-0.25, -0.2) is 0 Å². The summed E-state index contributed by atoms with van der Waals surface area (Å²) in [5.41, 5.74) is 2.50. The number of ether oxygens (including phenoxy) is 2. The van der Waals surface area contributed by atoms with E-state index in [2.05, 4.69) is 34.5 Å². The molecule has 2 aliphatic heterocycles. The lowest BCUT2D eigenvalue weighted by Gasteiger charge is -2.28. The van der Waals surface area contributed by atoms with Gasteiger partial charge in [-0.05, 0) is 68.9 Å². The normalized spacial score (nSPS) is 21.3. The average Bonchev–Trinajstić information content (AvgIpc) is 3.50. The monoisotopic (exact) mass is 422 g/mol. The van der Waals surface area contributed by atoms with Crippen molar-refractivity contribution in [2.75, 3.05) is 39.9 Å². The van der Waals surface area contributed by atoms with Crippen LogP contribution in [0.3, 0.4) is 0 Å². The Labute approximate surface area is 185 Å². The second kappa shape index (κ2) is 10.3. The van der Waals surface area contributed by atoms with E-state index in [9.17, 15) is 4.79 Å². The van der Waals surface area contributed by atoms with Crippen molar-refractivity contribution >= 4 is 5.91 Å². The second-order valence-electron chi connectivity index (χ2n) is 8.68. The molecule has 1 N–H and O–H groups in total. The predicted octanol–water partition coefficient (Wildman–Crippen LogP) is 4.06. The number of para-hydroxylation sites is 1. The van der Waals surface area contributed by atoms with Gasteiger partial charge in [0, 0.05) is 25.1 Å². The van der Waals surface area contributed by atoms with Gasteiger partial charge in [-0.15, -0.1) is 0 Å². The molecule has 0 unspecified atom stereocenters. The van der Waals surface area contributed by atoms with E-state index in [0.29, 0.717) is 19.6 Å². The summed E-state index contributed by atoms with van der Waals surface area (Å²) in [6.45, 7) is 4.82. The molecular weight excluding hydrogens is 388 g/mol. The van der Waals surface area contributed by atoms with Crippen LogP contribution >= 0.6 is 0 Å². The molecule has 166 valence electrons. The average molecular weight is 423 g/mol. The summed E-state index contributed by atoms with van der Waals surface area (Å²) in [5, 5.41) is 3.16. The van der Waals surface area contributed by atoms with E-state index in [1.807, 2.05) is 24.3 Å². The molecule has 1 amide bonds. The van der Waals surface area contributed by atoms with Crippen LogP contribution in [0.25, 0.3) is 11.1 Å². The first-order valence-corrected chi connectivity index (χ1v) is 11.6. The largest absolute Gasteiger partial charge is 0.496 e. The Kier molecular flexibility index (Phi) is 7.25. The summed E-state index contributed by atoms with van der Waals surface area (Å²) in [6.07, 6.45) is 5.88. The Bertz CT molecular complexity index is 870. The molecule has 2 heterocycles. The molecule has 0 radical (unpaired) electrons. The lowest BCUT2D eigenvalue weighted by Crippen LogP contribution is -2.48. The van der Waals surface area contributed by atoms with Crippen molar-refractivity contribution in [3.8, 4) is 16.9 Å². The molecule has 2 aliphatic rings. The Balaban J connectivity index is 1.42. The number of hydrogen-bond donors (Lipinski definition) is 1. The lowest BCUT2D eigenvalue weighted by molar-refractivity contribution is -0.141. The van der Waals surface area contributed by atoms with Crippen molar-refractivity contribution in [3.05, 3.63) is 54.1 Å². The van der Waals surface area contributed by atoms with Crippen LogP contribution in [-0.4, -0.2) is 56.3 Å². The number of rotatable bonds is 9. The van der Waals surface area contributed by atoms with Gasteiger partial charge in [-0.3, -0.25) is 4.79 Å². The fourth-order valence-corrected chi connectivity index (χ4v) is 4.83. The minimum Gasteiger partial charge on any atom is -0.496 e. The molecular formula is C26H34N2O3. The molecule has 5 heteroatoms. The van der Waals surface area contributed by atoms with Gasteiger partial charge in [0.25, 0.3) is 5.91 Å². The molecule has 31 heavy (non-hydrogen) atoms. The van der Waals surface area contributed by atoms with Crippen molar-refractivity contribution in [3.63, 3.8) is 0 Å². The molecule has 2 aromatic rings. The van der Waals surface area contributed by atoms with Gasteiger partial charge in [0.2, 0.25) is 0 Å². The molecule has 0 spiro atoms. The van der Waals surface area contributed by atoms with E-state index in [1.165, 1.54) is 25.9 Å². The van der Waals surface area contributed by atoms with E-state index in [1.54, 1.807) is 7.11 Å². The van der Waals surface area contributed by atoms with Crippen LogP contribution < -0.4 is 10.1 Å². The number of hydrogen-bond acceptors (Lipinski definition) is 4. The molecule has 2 fully saturated rings. The smallest absolute Gasteiger partial charge is 0.252 e. The van der Waals surface area contributed by atoms with Crippen molar-refractivity contribution in [2.45, 2.75) is 44.1 Å². The van der Waals surface area contributed by atoms with E-state index in [0.717, 1.165) is 48.2 Å². The Morgan fingerprint density at radius 3 is 2.74 bits per heavy atom. The number of nitrogens with zero attached hydrogens (tertiary/aromatic N) is 1. The highest BCUT2D eigenvalue weighted by molar-refractivity contribution is 5.86. The van der Waals surface area contributed by atoms with Gasteiger partial charge in [0.05, 0.1) is 7.11 Å². The van der Waals surface area contributed by atoms with Gasteiger partial charge in [0.1, 0.15) is 5.75 Å². The molecule has 2 aromatic carbocycles. The summed E-state index contributed by atoms with van der Waals surface area (Å²) in [7, 11) is 1.69. The van der Waals surface area contributed by atoms with Crippen LogP contribution in [0.4, 0.5) is 0 Å². The second-order valence-corrected chi connectivity index (χ2v) is 8.68. The third-order valence-electron chi connectivity index (χ3n) is 6.49. The molecule has 0 aliphatic carbocycles. The summed E-state index contributed by atoms with van der Waals surface area (Å²) in [6, 6.07) is 16.4. The first-order chi connectivity index (χ1) is 15.2. The molecule has 5 nitrogen and oxygen atoms in total. The fourth-order valence-electron chi connectivity index (χ4n) is 4.83. The van der Waals surface area contributed by atoms with E-state index < -0.39 is 5.60 Å². The quantitative estimate of drug-likeness (QED) is 0.620. The third-order valence-corrected chi connectivity index (χ3v) is 6.49. The van der Waals surface area contributed by atoms with Crippen LogP contribution in [0.15, 0.2) is 48.5 Å². The Hall–Kier alpha value is -2.37. The van der Waals surface area contributed by atoms with Gasteiger partial charge in [-0.1, -0.05) is 42.5 Å². The summed E-state index contributed by atoms with van der Waals surface area (Å²) in [4.78, 5) is 15.6. The minimum absolute atomic E-state index is 0.0362. The maximum absolute atomic E-state index is 13.2. The maximum atomic E-state index is 13.2. The fraction of sp³-hybridized carbons (Fsp3) is 0.500. The number of likely N-dealkylation sites (tertiary alicyclic amines) is 1. The third kappa shape index (κ3) is 5.28. The van der Waals surface area contributed by atoms with Crippen molar-refractivity contribution in [2.24, 2.45) is 0 Å². The Morgan fingerprint density at radius 2 is 1.97 bits per heavy atom. The number of benzene rings is 2. The summed E-state index contributed by atoms with van der Waals surface area (Å²) >= 11 is 0. The standard InChI is InChI=1S/C26H34N2O3/c1-30-24-12-3-2-11-23(24)22-10-6-9-21(19-22)20-26(13-7-18-31-26)25(29)27-14-8-17-28-15-4-5-16-28/h2-3,6,9-12,19H,4-5,7-8,13-18,20H2,1H3,(H,27,29)/t26-/m1/s1. The minimum atomic E-state index is -0.757. The highest BCUT2D eigenvalue weighted by Gasteiger charge is 2.42. The van der Waals surface area contributed by atoms with Crippen LogP contribution in [-0.2, 0) is 16.0 Å². The van der Waals surface area contributed by atoms with Crippen molar-refractivity contribution in [1.82, 2.24) is 10.2 Å². The van der Waals surface area contributed by atoms with Crippen LogP contribution in [0, 0.1) is 0 Å². The Morgan fingerprint density at radius 1 is 1.13 bits per heavy atom. The SMILES string of the molecule is COc1ccccc1-c1cccc(C[C@@]2(C(=O)NCCCN3CCCC3)CCCO2)c1. The van der Waals surface area contributed by atoms with Crippen LogP contribution in [0.1, 0.15) is 37.7 Å². The van der Waals surface area contributed by atoms with E-state index in [4.69, 9.17) is 9.47 Å². The van der Waals surface area contributed by atoms with E-state index >= 15 is 0 Å². The number of methoxy groups -OCH3 is 1. The number of carbonyl (C=O) groups excluding carboxylic acids is 1. The van der Waals surface area contributed by atoms with Crippen molar-refractivity contribution in [1.29, 1.82) is 0 Å². The molecule has 2 saturated heterocycles. The first-order valence-electron chi connectivity index (χ1n) is 11.6. The molecule has 0 aromatic heterocycles. The molecule has 0 saturated carbocycles. The lowest BCUT2D eigenvalue weighted by atomic mass is 9.89. The zero-order chi connectivity index (χ0) is 21.5.